The van der Waals surface area contributed by atoms with E-state index in [0.717, 1.165) is 38.7 Å². The van der Waals surface area contributed by atoms with Gasteiger partial charge in [0.25, 0.3) is 0 Å². The molecule has 4 heterocycles. The Kier molecular flexibility index (Phi) is 4.90. The molecule has 0 bridgehead atoms. The number of carbonyl (C=O) groups is 2. The molecule has 0 saturated carbocycles. The van der Waals surface area contributed by atoms with Crippen molar-refractivity contribution in [2.75, 3.05) is 0 Å². The quantitative estimate of drug-likeness (QED) is 0.153. The highest BCUT2D eigenvalue weighted by atomic mass is 16.1. The maximum atomic E-state index is 15.4. The summed E-state index contributed by atoms with van der Waals surface area (Å²) in [6.07, 6.45) is 0. The summed E-state index contributed by atoms with van der Waals surface area (Å²) in [5, 5.41) is 9.74. The number of ketones is 2. The first kappa shape index (κ1) is 32.6. The Morgan fingerprint density at radius 1 is 0.318 bits per heavy atom. The van der Waals surface area contributed by atoms with Crippen LogP contribution in [0.2, 0.25) is 0 Å². The number of carbonyl (C=O) groups excluding carboxylic acids is 2. The lowest BCUT2D eigenvalue weighted by Gasteiger charge is -2.64. The zero-order chi connectivity index (χ0) is 42.4. The van der Waals surface area contributed by atoms with Crippen molar-refractivity contribution in [3.05, 3.63) is 237 Å². The van der Waals surface area contributed by atoms with Gasteiger partial charge in [-0.2, -0.15) is 0 Å². The van der Waals surface area contributed by atoms with Crippen molar-refractivity contribution in [3.8, 4) is 0 Å². The van der Waals surface area contributed by atoms with Crippen LogP contribution < -0.4 is 0 Å². The fourth-order valence-electron chi connectivity index (χ4n) is 16.4. The predicted octanol–water partition coefficient (Wildman–Crippen LogP) is 13.4. The van der Waals surface area contributed by atoms with E-state index >= 15 is 9.59 Å². The second-order valence-electron chi connectivity index (χ2n) is 20.4. The Hall–Kier alpha value is -8.08. The molecule has 6 atom stereocenters. The van der Waals surface area contributed by atoms with Crippen molar-refractivity contribution < 1.29 is 9.59 Å². The maximum absolute atomic E-state index is 15.4. The summed E-state index contributed by atoms with van der Waals surface area (Å²) in [7, 11) is 0. The Balaban J connectivity index is 0.994. The average Bonchev–Trinajstić information content (AvgIpc) is 4.05. The molecule has 0 aliphatic heterocycles. The van der Waals surface area contributed by atoms with Crippen molar-refractivity contribution in [1.29, 1.82) is 0 Å². The molecule has 0 amide bonds. The molecule has 13 aromatic rings. The highest BCUT2D eigenvalue weighted by Gasteiger charge is 2.70. The summed E-state index contributed by atoms with van der Waals surface area (Å²) >= 11 is 0. The Morgan fingerprint density at radius 2 is 0.788 bits per heavy atom. The van der Waals surface area contributed by atoms with Crippen LogP contribution in [0.5, 0.6) is 0 Å². The van der Waals surface area contributed by atoms with Gasteiger partial charge in [0, 0.05) is 76.9 Å². The molecule has 6 aliphatic rings. The standard InChI is InChI=1S/C62H32N2O2/c65-59-40-27-48-36(24-37(40)53-31-13-1-6-19-43(31)61(53)45-21-8-3-15-33(45)55(59)61)39-26-50-51(35-18-11-17-30-29-12-5-10-23-47(29)63(50)57(30)35)52-42-25-38-41(28-49(42)64(48)58(39)52)60(66)56-34-16-4-9-22-46(34)62(56)44-20-7-2-14-32(44)54(38)62/h1-28,53-56H. The minimum Gasteiger partial charge on any atom is -0.308 e. The van der Waals surface area contributed by atoms with Crippen LogP contribution in [0.3, 0.4) is 0 Å². The number of hydrogen-bond donors (Lipinski definition) is 0. The number of nitrogens with zero attached hydrogens (tertiary/aromatic N) is 2. The topological polar surface area (TPSA) is 43.0 Å². The van der Waals surface area contributed by atoms with Gasteiger partial charge in [0.1, 0.15) is 0 Å². The van der Waals surface area contributed by atoms with E-state index in [1.165, 1.54) is 104 Å². The Bertz CT molecular complexity index is 4620. The summed E-state index contributed by atoms with van der Waals surface area (Å²) in [6.45, 7) is 0. The van der Waals surface area contributed by atoms with Crippen LogP contribution in [-0.4, -0.2) is 20.4 Å². The number of rotatable bonds is 0. The third-order valence-corrected chi connectivity index (χ3v) is 18.5. The molecular weight excluding hydrogens is 805 g/mol. The largest absolute Gasteiger partial charge is 0.308 e. The van der Waals surface area contributed by atoms with E-state index in [-0.39, 0.29) is 46.1 Å². The van der Waals surface area contributed by atoms with Crippen LogP contribution >= 0.6 is 0 Å². The summed E-state index contributed by atoms with van der Waals surface area (Å²) in [5.41, 5.74) is 20.4. The van der Waals surface area contributed by atoms with Gasteiger partial charge in [0.2, 0.25) is 0 Å². The molecule has 6 aliphatic carbocycles. The van der Waals surface area contributed by atoms with E-state index in [2.05, 4.69) is 179 Å². The number of aromatic nitrogens is 2. The second-order valence-corrected chi connectivity index (χ2v) is 20.4. The highest BCUT2D eigenvalue weighted by molar-refractivity contribution is 6.38. The van der Waals surface area contributed by atoms with Crippen molar-refractivity contribution >= 4 is 87.8 Å². The van der Waals surface area contributed by atoms with E-state index in [1.54, 1.807) is 0 Å². The lowest BCUT2D eigenvalue weighted by Crippen LogP contribution is -2.61. The van der Waals surface area contributed by atoms with Crippen molar-refractivity contribution in [3.63, 3.8) is 0 Å². The lowest BCUT2D eigenvalue weighted by molar-refractivity contribution is 0.0839. The van der Waals surface area contributed by atoms with Gasteiger partial charge in [-0.1, -0.05) is 133 Å². The molecule has 0 fully saturated rings. The zero-order valence-electron chi connectivity index (χ0n) is 35.2. The van der Waals surface area contributed by atoms with Crippen LogP contribution in [-0.2, 0) is 10.8 Å². The molecule has 0 radical (unpaired) electrons. The number of para-hydroxylation sites is 2. The Labute approximate surface area is 375 Å². The predicted molar refractivity (Wildman–Crippen MR) is 261 cm³/mol. The number of hydrogen-bond acceptors (Lipinski definition) is 2. The van der Waals surface area contributed by atoms with E-state index in [9.17, 15) is 0 Å². The van der Waals surface area contributed by atoms with E-state index < -0.39 is 0 Å². The normalized spacial score (nSPS) is 24.5. The Morgan fingerprint density at radius 3 is 1.39 bits per heavy atom. The van der Waals surface area contributed by atoms with Crippen molar-refractivity contribution in [2.24, 2.45) is 0 Å². The first-order valence-electron chi connectivity index (χ1n) is 23.5. The second kappa shape index (κ2) is 9.92. The molecule has 19 rings (SSSR count). The third-order valence-electron chi connectivity index (χ3n) is 18.5. The fraction of sp³-hybridized carbons (Fsp3) is 0.0968. The smallest absolute Gasteiger partial charge is 0.171 e. The highest BCUT2D eigenvalue weighted by Crippen LogP contribution is 2.75. The summed E-state index contributed by atoms with van der Waals surface area (Å²) < 4.78 is 4.95. The summed E-state index contributed by atoms with van der Waals surface area (Å²) in [4.78, 5) is 30.8. The molecule has 6 unspecified atom stereocenters. The minimum absolute atomic E-state index is 0.0809. The number of fused-ring (bicyclic) bond motifs is 25. The van der Waals surface area contributed by atoms with Gasteiger partial charge >= 0.3 is 0 Å². The first-order chi connectivity index (χ1) is 32.6. The lowest BCUT2D eigenvalue weighted by atomic mass is 9.36. The molecule has 2 spiro atoms. The monoisotopic (exact) mass is 836 g/mol. The number of benzene rings is 9. The summed E-state index contributed by atoms with van der Waals surface area (Å²) in [5.74, 6) is 0.174. The molecule has 4 heteroatoms. The van der Waals surface area contributed by atoms with Gasteiger partial charge in [-0.25, -0.2) is 0 Å². The molecule has 4 aromatic heterocycles. The molecule has 9 aromatic carbocycles. The van der Waals surface area contributed by atoms with Crippen molar-refractivity contribution in [2.45, 2.75) is 34.5 Å². The van der Waals surface area contributed by atoms with Crippen LogP contribution in [0.4, 0.5) is 0 Å². The van der Waals surface area contributed by atoms with Gasteiger partial charge in [-0.15, -0.1) is 0 Å². The molecule has 0 saturated heterocycles. The van der Waals surface area contributed by atoms with Crippen LogP contribution in [0.1, 0.15) is 100 Å². The molecule has 302 valence electrons. The van der Waals surface area contributed by atoms with Crippen molar-refractivity contribution in [1.82, 2.24) is 8.80 Å². The molecule has 66 heavy (non-hydrogen) atoms. The van der Waals surface area contributed by atoms with Crippen LogP contribution in [0.15, 0.2) is 170 Å². The number of Topliss-reactive ketones (excluding diaryl/α,β-unsaturated/α-hetero) is 2. The van der Waals surface area contributed by atoms with E-state index in [1.807, 2.05) is 0 Å². The van der Waals surface area contributed by atoms with Gasteiger partial charge in [0.15, 0.2) is 11.6 Å². The minimum atomic E-state index is -0.349. The molecule has 0 N–H and O–H groups in total. The van der Waals surface area contributed by atoms with Gasteiger partial charge in [-0.3, -0.25) is 9.59 Å². The van der Waals surface area contributed by atoms with Gasteiger partial charge < -0.3 is 8.80 Å². The molecule has 4 nitrogen and oxygen atoms in total. The average molecular weight is 837 g/mol. The first-order valence-corrected chi connectivity index (χ1v) is 23.5. The fourth-order valence-corrected chi connectivity index (χ4v) is 16.4. The third kappa shape index (κ3) is 2.91. The van der Waals surface area contributed by atoms with Crippen LogP contribution in [0.25, 0.3) is 76.2 Å². The van der Waals surface area contributed by atoms with Crippen LogP contribution in [0, 0.1) is 0 Å². The summed E-state index contributed by atoms with van der Waals surface area (Å²) in [6, 6.07) is 62.5. The van der Waals surface area contributed by atoms with Gasteiger partial charge in [-0.05, 0) is 92.0 Å². The SMILES string of the molecule is O=C1c2cc3c(cc2C2c4ccccc4C24c2ccccc2C14)c1cc2c(c4cccc5c6ccccc6n2c54)c2c4cc5c(cc4n3c12)C(=O)C1c2ccccc2C12c1ccccc1C52. The molecular formula is C62H32N2O2. The van der Waals surface area contributed by atoms with E-state index in [4.69, 9.17) is 0 Å². The maximum Gasteiger partial charge on any atom is 0.171 e. The zero-order valence-corrected chi connectivity index (χ0v) is 35.2. The van der Waals surface area contributed by atoms with E-state index in [0.29, 0.717) is 0 Å². The van der Waals surface area contributed by atoms with Gasteiger partial charge in [0.05, 0.1) is 44.9 Å².